The van der Waals surface area contributed by atoms with Gasteiger partial charge in [-0.1, -0.05) is 18.6 Å². The van der Waals surface area contributed by atoms with E-state index in [1.807, 2.05) is 0 Å². The van der Waals surface area contributed by atoms with E-state index in [4.69, 9.17) is 0 Å². The third-order valence-corrected chi connectivity index (χ3v) is 3.95. The number of hydrogen-bond acceptors (Lipinski definition) is 2. The lowest BCUT2D eigenvalue weighted by Gasteiger charge is -2.33. The van der Waals surface area contributed by atoms with Crippen LogP contribution in [0.4, 0.5) is 0 Å². The summed E-state index contributed by atoms with van der Waals surface area (Å²) < 4.78 is 0. The molecule has 2 atom stereocenters. The topological polar surface area (TPSA) is 20.3 Å². The first kappa shape index (κ1) is 11.8. The number of Topliss-reactive ketones (excluding diaryl/α,β-unsaturated/α-hetero) is 1. The van der Waals surface area contributed by atoms with E-state index in [0.29, 0.717) is 17.7 Å². The van der Waals surface area contributed by atoms with E-state index in [1.165, 1.54) is 24.8 Å². The van der Waals surface area contributed by atoms with Crippen LogP contribution in [0.5, 0.6) is 0 Å². The van der Waals surface area contributed by atoms with Gasteiger partial charge in [-0.2, -0.15) is 0 Å². The molecule has 16 heavy (non-hydrogen) atoms. The van der Waals surface area contributed by atoms with Crippen LogP contribution >= 0.6 is 0 Å². The number of carbonyl (C=O) groups is 1. The molecule has 2 rings (SSSR count). The summed E-state index contributed by atoms with van der Waals surface area (Å²) in [4.78, 5) is 14.4. The standard InChI is InChI=1S/C14H23NO/c1-11(2)10-15-9-5-7-13(15)12-6-3-4-8-14(12)16/h12-13H,1,3-10H2,2H3. The predicted octanol–water partition coefficient (Wildman–Crippen LogP) is 2.79. The summed E-state index contributed by atoms with van der Waals surface area (Å²) in [5, 5.41) is 0. The highest BCUT2D eigenvalue weighted by molar-refractivity contribution is 5.82. The van der Waals surface area contributed by atoms with Gasteiger partial charge in [0, 0.05) is 24.9 Å². The SMILES string of the molecule is C=C(C)CN1CCCC1C1CCCCC1=O. The molecule has 1 aliphatic heterocycles. The number of ketones is 1. The molecule has 2 nitrogen and oxygen atoms in total. The van der Waals surface area contributed by atoms with Crippen molar-refractivity contribution >= 4 is 5.78 Å². The highest BCUT2D eigenvalue weighted by Gasteiger charge is 2.36. The Morgan fingerprint density at radius 2 is 2.19 bits per heavy atom. The second kappa shape index (κ2) is 5.13. The van der Waals surface area contributed by atoms with E-state index in [2.05, 4.69) is 18.4 Å². The molecule has 90 valence electrons. The van der Waals surface area contributed by atoms with Gasteiger partial charge in [0.15, 0.2) is 0 Å². The number of carbonyl (C=O) groups excluding carboxylic acids is 1. The first-order valence-corrected chi connectivity index (χ1v) is 6.59. The lowest BCUT2D eigenvalue weighted by atomic mass is 9.82. The van der Waals surface area contributed by atoms with Crippen LogP contribution in [0.2, 0.25) is 0 Å². The quantitative estimate of drug-likeness (QED) is 0.683. The lowest BCUT2D eigenvalue weighted by Crippen LogP contribution is -2.41. The van der Waals surface area contributed by atoms with Gasteiger partial charge in [0.25, 0.3) is 0 Å². The Morgan fingerprint density at radius 3 is 2.88 bits per heavy atom. The van der Waals surface area contributed by atoms with Gasteiger partial charge in [-0.15, -0.1) is 0 Å². The van der Waals surface area contributed by atoms with Gasteiger partial charge >= 0.3 is 0 Å². The van der Waals surface area contributed by atoms with Crippen molar-refractivity contribution in [3.8, 4) is 0 Å². The summed E-state index contributed by atoms with van der Waals surface area (Å²) in [6, 6.07) is 0.518. The van der Waals surface area contributed by atoms with Gasteiger partial charge in [-0.25, -0.2) is 0 Å². The molecule has 2 aliphatic rings. The third kappa shape index (κ3) is 2.54. The first-order chi connectivity index (χ1) is 7.68. The number of nitrogens with zero attached hydrogens (tertiary/aromatic N) is 1. The fourth-order valence-corrected chi connectivity index (χ4v) is 3.27. The zero-order valence-corrected chi connectivity index (χ0v) is 10.4. The summed E-state index contributed by atoms with van der Waals surface area (Å²) in [7, 11) is 0. The number of likely N-dealkylation sites (tertiary alicyclic amines) is 1. The van der Waals surface area contributed by atoms with Crippen molar-refractivity contribution in [2.45, 2.75) is 51.5 Å². The Balaban J connectivity index is 2.00. The highest BCUT2D eigenvalue weighted by atomic mass is 16.1. The fourth-order valence-electron chi connectivity index (χ4n) is 3.27. The van der Waals surface area contributed by atoms with E-state index in [1.54, 1.807) is 0 Å². The average Bonchev–Trinajstić information content (AvgIpc) is 2.66. The Labute approximate surface area is 98.7 Å². The predicted molar refractivity (Wildman–Crippen MR) is 66.4 cm³/mol. The van der Waals surface area contributed by atoms with Crippen LogP contribution in [0, 0.1) is 5.92 Å². The molecule has 1 aliphatic carbocycles. The van der Waals surface area contributed by atoms with Crippen molar-refractivity contribution in [3.05, 3.63) is 12.2 Å². The van der Waals surface area contributed by atoms with Gasteiger partial charge in [0.05, 0.1) is 0 Å². The van der Waals surface area contributed by atoms with Crippen molar-refractivity contribution in [1.29, 1.82) is 0 Å². The van der Waals surface area contributed by atoms with E-state index < -0.39 is 0 Å². The molecule has 0 amide bonds. The minimum absolute atomic E-state index is 0.329. The van der Waals surface area contributed by atoms with Crippen molar-refractivity contribution in [3.63, 3.8) is 0 Å². The summed E-state index contributed by atoms with van der Waals surface area (Å²) >= 11 is 0. The molecule has 2 heteroatoms. The van der Waals surface area contributed by atoms with Crippen LogP contribution in [-0.2, 0) is 4.79 Å². The molecule has 0 aromatic carbocycles. The minimum Gasteiger partial charge on any atom is -0.299 e. The van der Waals surface area contributed by atoms with E-state index in [0.717, 1.165) is 32.4 Å². The van der Waals surface area contributed by atoms with Crippen LogP contribution in [0.3, 0.4) is 0 Å². The van der Waals surface area contributed by atoms with Crippen LogP contribution in [-0.4, -0.2) is 29.8 Å². The van der Waals surface area contributed by atoms with Crippen molar-refractivity contribution in [1.82, 2.24) is 4.90 Å². The van der Waals surface area contributed by atoms with E-state index in [-0.39, 0.29) is 0 Å². The smallest absolute Gasteiger partial charge is 0.137 e. The molecule has 1 saturated carbocycles. The molecule has 0 aromatic rings. The Morgan fingerprint density at radius 1 is 1.38 bits per heavy atom. The molecule has 1 saturated heterocycles. The van der Waals surface area contributed by atoms with Gasteiger partial charge < -0.3 is 0 Å². The second-order valence-electron chi connectivity index (χ2n) is 5.46. The highest BCUT2D eigenvalue weighted by Crippen LogP contribution is 2.32. The fraction of sp³-hybridized carbons (Fsp3) is 0.786. The van der Waals surface area contributed by atoms with E-state index in [9.17, 15) is 4.79 Å². The van der Waals surface area contributed by atoms with Crippen molar-refractivity contribution < 1.29 is 4.79 Å². The molecular weight excluding hydrogens is 198 g/mol. The third-order valence-electron chi connectivity index (χ3n) is 3.95. The van der Waals surface area contributed by atoms with Crippen molar-refractivity contribution in [2.24, 2.45) is 5.92 Å². The summed E-state index contributed by atoms with van der Waals surface area (Å²) in [6.45, 7) is 8.21. The van der Waals surface area contributed by atoms with Crippen LogP contribution < -0.4 is 0 Å². The number of hydrogen-bond donors (Lipinski definition) is 0. The molecule has 2 unspecified atom stereocenters. The molecule has 0 N–H and O–H groups in total. The summed E-state index contributed by atoms with van der Waals surface area (Å²) in [5.74, 6) is 0.848. The molecule has 0 bridgehead atoms. The lowest BCUT2D eigenvalue weighted by molar-refractivity contribution is -0.126. The van der Waals surface area contributed by atoms with Gasteiger partial charge in [-0.3, -0.25) is 9.69 Å². The maximum Gasteiger partial charge on any atom is 0.137 e. The van der Waals surface area contributed by atoms with Gasteiger partial charge in [0.2, 0.25) is 0 Å². The van der Waals surface area contributed by atoms with Crippen LogP contribution in [0.25, 0.3) is 0 Å². The monoisotopic (exact) mass is 221 g/mol. The second-order valence-corrected chi connectivity index (χ2v) is 5.46. The molecule has 1 heterocycles. The number of rotatable bonds is 3. The van der Waals surface area contributed by atoms with Gasteiger partial charge in [-0.05, 0) is 39.2 Å². The zero-order chi connectivity index (χ0) is 11.5. The zero-order valence-electron chi connectivity index (χ0n) is 10.4. The van der Waals surface area contributed by atoms with Crippen molar-refractivity contribution in [2.75, 3.05) is 13.1 Å². The largest absolute Gasteiger partial charge is 0.299 e. The molecule has 2 fully saturated rings. The normalized spacial score (nSPS) is 31.9. The minimum atomic E-state index is 0.329. The molecule has 0 aromatic heterocycles. The maximum atomic E-state index is 12.0. The van der Waals surface area contributed by atoms with Crippen LogP contribution in [0.15, 0.2) is 12.2 Å². The van der Waals surface area contributed by atoms with E-state index >= 15 is 0 Å². The average molecular weight is 221 g/mol. The summed E-state index contributed by atoms with van der Waals surface area (Å²) in [6.07, 6.45) is 6.76. The van der Waals surface area contributed by atoms with Gasteiger partial charge in [0.1, 0.15) is 5.78 Å². The Kier molecular flexibility index (Phi) is 3.80. The maximum absolute atomic E-state index is 12.0. The van der Waals surface area contributed by atoms with Crippen LogP contribution in [0.1, 0.15) is 45.4 Å². The summed E-state index contributed by atoms with van der Waals surface area (Å²) in [5.41, 5.74) is 1.22. The Hall–Kier alpha value is -0.630. The molecule has 0 spiro atoms. The molecule has 0 radical (unpaired) electrons. The molecular formula is C14H23NO. The Bertz CT molecular complexity index is 284. The first-order valence-electron chi connectivity index (χ1n) is 6.59.